The maximum Gasteiger partial charge on any atom is 0.362 e. The second-order valence-electron chi connectivity index (χ2n) is 4.05. The molecule has 0 bridgehead atoms. The number of aromatic nitrogens is 1. The number of carboxylic acid groups (broad SMARTS) is 1. The van der Waals surface area contributed by atoms with Gasteiger partial charge in [0.1, 0.15) is 0 Å². The summed E-state index contributed by atoms with van der Waals surface area (Å²) in [5.41, 5.74) is 0.127. The lowest BCUT2D eigenvalue weighted by molar-refractivity contribution is 0.0691. The summed E-state index contributed by atoms with van der Waals surface area (Å²) in [4.78, 5) is 14.5. The molecule has 0 aliphatic rings. The van der Waals surface area contributed by atoms with Gasteiger partial charge in [-0.25, -0.2) is 14.1 Å². The number of rotatable bonds is 5. The molecule has 1 heterocycles. The van der Waals surface area contributed by atoms with Crippen molar-refractivity contribution in [2.75, 3.05) is 4.31 Å². The molecule has 0 aliphatic carbocycles. The minimum atomic E-state index is -4.64. The second-order valence-corrected chi connectivity index (χ2v) is 7.04. The third-order valence-corrected chi connectivity index (χ3v) is 5.09. The Labute approximate surface area is 139 Å². The molecule has 7 nitrogen and oxygen atoms in total. The number of carboxylic acids is 1. The van der Waals surface area contributed by atoms with E-state index in [9.17, 15) is 17.8 Å². The molecule has 1 aromatic carbocycles. The van der Waals surface area contributed by atoms with Gasteiger partial charge in [0, 0.05) is 5.38 Å². The summed E-state index contributed by atoms with van der Waals surface area (Å²) in [6, 6.07) is 4.44. The van der Waals surface area contributed by atoms with E-state index in [0.29, 0.717) is 14.9 Å². The van der Waals surface area contributed by atoms with Crippen LogP contribution in [0.5, 0.6) is 0 Å². The van der Waals surface area contributed by atoms with E-state index in [2.05, 4.69) is 4.98 Å². The second kappa shape index (κ2) is 6.39. The summed E-state index contributed by atoms with van der Waals surface area (Å²) in [7, 11) is -4.64. The quantitative estimate of drug-likeness (QED) is 0.769. The van der Waals surface area contributed by atoms with Crippen LogP contribution in [-0.4, -0.2) is 29.0 Å². The molecule has 1 aromatic heterocycles. The van der Waals surface area contributed by atoms with Gasteiger partial charge in [0.15, 0.2) is 5.69 Å². The number of hydrogen-bond donors (Lipinski definition) is 2. The van der Waals surface area contributed by atoms with Gasteiger partial charge in [0.2, 0.25) is 5.13 Å². The van der Waals surface area contributed by atoms with Gasteiger partial charge >= 0.3 is 16.3 Å². The fraction of sp³-hybridized carbons (Fsp3) is 0.0909. The average Bonchev–Trinajstić information content (AvgIpc) is 2.88. The van der Waals surface area contributed by atoms with Crippen molar-refractivity contribution in [1.29, 1.82) is 0 Å². The van der Waals surface area contributed by atoms with Crippen molar-refractivity contribution in [2.45, 2.75) is 6.54 Å². The van der Waals surface area contributed by atoms with Crippen molar-refractivity contribution in [3.05, 3.63) is 44.9 Å². The minimum Gasteiger partial charge on any atom is -0.476 e. The Morgan fingerprint density at radius 3 is 2.50 bits per heavy atom. The van der Waals surface area contributed by atoms with Gasteiger partial charge in [-0.05, 0) is 17.7 Å². The zero-order valence-corrected chi connectivity index (χ0v) is 13.7. The van der Waals surface area contributed by atoms with E-state index < -0.39 is 16.3 Å². The summed E-state index contributed by atoms with van der Waals surface area (Å²) < 4.78 is 32.9. The van der Waals surface area contributed by atoms with Crippen molar-refractivity contribution in [3.8, 4) is 0 Å². The minimum absolute atomic E-state index is 0.175. The maximum absolute atomic E-state index is 11.5. The Hall–Kier alpha value is -1.39. The van der Waals surface area contributed by atoms with Crippen molar-refractivity contribution < 1.29 is 22.9 Å². The van der Waals surface area contributed by atoms with Gasteiger partial charge in [-0.1, -0.05) is 29.3 Å². The van der Waals surface area contributed by atoms with Gasteiger partial charge in [-0.15, -0.1) is 11.3 Å². The maximum atomic E-state index is 11.5. The van der Waals surface area contributed by atoms with Crippen LogP contribution in [-0.2, 0) is 16.8 Å². The third-order valence-electron chi connectivity index (χ3n) is 2.51. The van der Waals surface area contributed by atoms with Crippen LogP contribution in [0.15, 0.2) is 23.6 Å². The van der Waals surface area contributed by atoms with Crippen LogP contribution >= 0.6 is 34.5 Å². The molecule has 0 fully saturated rings. The highest BCUT2D eigenvalue weighted by molar-refractivity contribution is 7.87. The molecule has 118 valence electrons. The van der Waals surface area contributed by atoms with Crippen LogP contribution in [0.1, 0.15) is 16.1 Å². The molecular formula is C11H8Cl2N2O5S2. The summed E-state index contributed by atoms with van der Waals surface area (Å²) in [6.07, 6.45) is 0. The van der Waals surface area contributed by atoms with E-state index in [1.807, 2.05) is 0 Å². The highest BCUT2D eigenvalue weighted by atomic mass is 35.5. The number of hydrogen-bond acceptors (Lipinski definition) is 5. The number of benzene rings is 1. The third kappa shape index (κ3) is 3.87. The number of aromatic carboxylic acids is 1. The predicted octanol–water partition coefficient (Wildman–Crippen LogP) is 2.96. The highest BCUT2D eigenvalue weighted by Crippen LogP contribution is 2.27. The van der Waals surface area contributed by atoms with Crippen LogP contribution in [0, 0.1) is 0 Å². The van der Waals surface area contributed by atoms with Crippen LogP contribution in [0.4, 0.5) is 5.13 Å². The van der Waals surface area contributed by atoms with Crippen LogP contribution in [0.2, 0.25) is 10.0 Å². The predicted molar refractivity (Wildman–Crippen MR) is 83.3 cm³/mol. The van der Waals surface area contributed by atoms with Crippen LogP contribution < -0.4 is 4.31 Å². The normalized spacial score (nSPS) is 11.4. The highest BCUT2D eigenvalue weighted by Gasteiger charge is 2.24. The lowest BCUT2D eigenvalue weighted by atomic mass is 10.2. The standard InChI is InChI=1S/C11H8Cl2N2O5S2/c12-7-2-1-6(3-8(7)13)4-15(22(18,19)20)11-14-9(5-21-11)10(16)17/h1-3,5H,4H2,(H,16,17)(H,18,19,20). The Balaban J connectivity index is 2.38. The monoisotopic (exact) mass is 382 g/mol. The summed E-state index contributed by atoms with van der Waals surface area (Å²) in [5.74, 6) is -1.30. The van der Waals surface area contributed by atoms with Crippen LogP contribution in [0.25, 0.3) is 0 Å². The molecule has 0 amide bonds. The zero-order valence-electron chi connectivity index (χ0n) is 10.6. The Bertz CT molecular complexity index is 822. The largest absolute Gasteiger partial charge is 0.476 e. The number of halogens is 2. The van der Waals surface area contributed by atoms with Crippen molar-refractivity contribution in [2.24, 2.45) is 0 Å². The van der Waals surface area contributed by atoms with E-state index in [-0.39, 0.29) is 22.4 Å². The van der Waals surface area contributed by atoms with Crippen molar-refractivity contribution >= 4 is 55.9 Å². The molecule has 2 rings (SSSR count). The molecule has 0 aliphatic heterocycles. The topological polar surface area (TPSA) is 108 Å². The fourth-order valence-corrected chi connectivity index (χ4v) is 3.52. The summed E-state index contributed by atoms with van der Waals surface area (Å²) in [5, 5.41) is 10.3. The summed E-state index contributed by atoms with van der Waals surface area (Å²) in [6.45, 7) is -0.276. The number of anilines is 1. The van der Waals surface area contributed by atoms with E-state index in [1.54, 1.807) is 0 Å². The average molecular weight is 383 g/mol. The molecule has 0 saturated heterocycles. The first-order chi connectivity index (χ1) is 10.2. The summed E-state index contributed by atoms with van der Waals surface area (Å²) >= 11 is 12.4. The number of nitrogens with zero attached hydrogens (tertiary/aromatic N) is 2. The lowest BCUT2D eigenvalue weighted by Gasteiger charge is -2.17. The molecule has 22 heavy (non-hydrogen) atoms. The first-order valence-corrected chi connectivity index (χ1v) is 8.59. The van der Waals surface area contributed by atoms with E-state index >= 15 is 0 Å². The van der Waals surface area contributed by atoms with Crippen molar-refractivity contribution in [1.82, 2.24) is 4.98 Å². The Kier molecular flexibility index (Phi) is 4.93. The van der Waals surface area contributed by atoms with Gasteiger partial charge in [0.05, 0.1) is 16.6 Å². The molecule has 0 spiro atoms. The first kappa shape index (κ1) is 17.0. The fourth-order valence-electron chi connectivity index (χ4n) is 1.53. The first-order valence-electron chi connectivity index (χ1n) is 5.56. The van der Waals surface area contributed by atoms with Gasteiger partial charge in [-0.2, -0.15) is 8.42 Å². The van der Waals surface area contributed by atoms with Gasteiger partial charge < -0.3 is 5.11 Å². The Morgan fingerprint density at radius 1 is 1.32 bits per heavy atom. The lowest BCUT2D eigenvalue weighted by Crippen LogP contribution is -2.29. The van der Waals surface area contributed by atoms with Crippen molar-refractivity contribution in [3.63, 3.8) is 0 Å². The molecular weight excluding hydrogens is 375 g/mol. The van der Waals surface area contributed by atoms with E-state index in [0.717, 1.165) is 11.3 Å². The zero-order chi connectivity index (χ0) is 16.5. The smallest absolute Gasteiger partial charge is 0.362 e. The molecule has 0 radical (unpaired) electrons. The molecule has 0 unspecified atom stereocenters. The molecule has 2 N–H and O–H groups in total. The molecule has 0 atom stereocenters. The number of thiazole rings is 1. The Morgan fingerprint density at radius 2 is 2.00 bits per heavy atom. The van der Waals surface area contributed by atoms with Crippen LogP contribution in [0.3, 0.4) is 0 Å². The molecule has 11 heteroatoms. The van der Waals surface area contributed by atoms with E-state index in [4.69, 9.17) is 28.3 Å². The van der Waals surface area contributed by atoms with Gasteiger partial charge in [-0.3, -0.25) is 4.55 Å². The molecule has 2 aromatic rings. The number of carbonyl (C=O) groups is 1. The van der Waals surface area contributed by atoms with E-state index in [1.165, 1.54) is 23.6 Å². The molecule has 0 saturated carbocycles. The SMILES string of the molecule is O=C(O)c1csc(N(Cc2ccc(Cl)c(Cl)c2)S(=O)(=O)O)n1. The van der Waals surface area contributed by atoms with Gasteiger partial charge in [0.25, 0.3) is 0 Å².